The standard InChI is InChI=1S/C21H20N6O2.ClH/c22-19-18-20(25-13-24-19)27(15-10-11-23-12-15)21(28)26(18)14-6-8-17(9-7-14)29-16-4-2-1-3-5-16;/h1-9,13,15,23H,10-12H2,(H2,22,24,25);1H. The summed E-state index contributed by atoms with van der Waals surface area (Å²) < 4.78 is 9.15. The van der Waals surface area contributed by atoms with Gasteiger partial charge in [-0.2, -0.15) is 0 Å². The second-order valence-electron chi connectivity index (χ2n) is 6.97. The van der Waals surface area contributed by atoms with Gasteiger partial charge in [-0.1, -0.05) is 18.2 Å². The molecule has 0 spiro atoms. The molecule has 1 atom stereocenters. The molecular weight excluding hydrogens is 404 g/mol. The highest BCUT2D eigenvalue weighted by atomic mass is 35.5. The number of anilines is 1. The molecule has 5 rings (SSSR count). The molecule has 0 radical (unpaired) electrons. The molecule has 8 nitrogen and oxygen atoms in total. The molecule has 2 aromatic heterocycles. The van der Waals surface area contributed by atoms with Crippen molar-refractivity contribution in [2.75, 3.05) is 18.8 Å². The molecule has 0 amide bonds. The van der Waals surface area contributed by atoms with E-state index in [0.717, 1.165) is 25.3 Å². The van der Waals surface area contributed by atoms with Crippen LogP contribution in [0.3, 0.4) is 0 Å². The van der Waals surface area contributed by atoms with Crippen molar-refractivity contribution in [3.05, 3.63) is 71.4 Å². The Balaban J connectivity index is 0.00000218. The van der Waals surface area contributed by atoms with Crippen LogP contribution in [-0.2, 0) is 0 Å². The number of nitrogens with zero attached hydrogens (tertiary/aromatic N) is 4. The summed E-state index contributed by atoms with van der Waals surface area (Å²) in [5, 5.41) is 3.30. The number of benzene rings is 2. The Bertz CT molecular complexity index is 1210. The predicted molar refractivity (Wildman–Crippen MR) is 118 cm³/mol. The van der Waals surface area contributed by atoms with Crippen LogP contribution in [0.1, 0.15) is 12.5 Å². The Labute approximate surface area is 178 Å². The Morgan fingerprint density at radius 2 is 1.77 bits per heavy atom. The molecule has 4 aromatic rings. The Kier molecular flexibility index (Phi) is 5.43. The number of nitrogens with two attached hydrogens (primary N) is 1. The fraction of sp³-hybridized carbons (Fsp3) is 0.190. The van der Waals surface area contributed by atoms with E-state index in [-0.39, 0.29) is 30.0 Å². The minimum Gasteiger partial charge on any atom is -0.457 e. The van der Waals surface area contributed by atoms with Gasteiger partial charge in [-0.05, 0) is 49.4 Å². The average molecular weight is 425 g/mol. The SMILES string of the molecule is Cl.Nc1ncnc2c1n(-c1ccc(Oc3ccccc3)cc1)c(=O)n2C1CCNC1. The molecule has 1 unspecified atom stereocenters. The summed E-state index contributed by atoms with van der Waals surface area (Å²) in [6.45, 7) is 1.60. The minimum atomic E-state index is -0.169. The second kappa shape index (κ2) is 8.17. The normalized spacial score (nSPS) is 15.8. The van der Waals surface area contributed by atoms with Gasteiger partial charge in [-0.15, -0.1) is 12.4 Å². The van der Waals surface area contributed by atoms with Crippen LogP contribution in [0.4, 0.5) is 5.82 Å². The first-order chi connectivity index (χ1) is 14.2. The topological polar surface area (TPSA) is 100.0 Å². The lowest BCUT2D eigenvalue weighted by molar-refractivity contribution is 0.482. The van der Waals surface area contributed by atoms with E-state index in [2.05, 4.69) is 15.3 Å². The van der Waals surface area contributed by atoms with Gasteiger partial charge in [0.25, 0.3) is 0 Å². The summed E-state index contributed by atoms with van der Waals surface area (Å²) >= 11 is 0. The third kappa shape index (κ3) is 3.40. The molecule has 3 heterocycles. The highest BCUT2D eigenvalue weighted by molar-refractivity contribution is 5.85. The van der Waals surface area contributed by atoms with E-state index in [4.69, 9.17) is 10.5 Å². The van der Waals surface area contributed by atoms with Crippen LogP contribution < -0.4 is 21.5 Å². The Morgan fingerprint density at radius 3 is 2.47 bits per heavy atom. The van der Waals surface area contributed by atoms with Crippen molar-refractivity contribution >= 4 is 29.4 Å². The van der Waals surface area contributed by atoms with E-state index in [1.807, 2.05) is 54.6 Å². The predicted octanol–water partition coefficient (Wildman–Crippen LogP) is 2.91. The zero-order valence-corrected chi connectivity index (χ0v) is 16.9. The highest BCUT2D eigenvalue weighted by Crippen LogP contribution is 2.27. The fourth-order valence-electron chi connectivity index (χ4n) is 3.78. The maximum absolute atomic E-state index is 13.3. The Morgan fingerprint density at radius 1 is 1.03 bits per heavy atom. The number of imidazole rings is 1. The number of para-hydroxylation sites is 1. The number of hydrogen-bond donors (Lipinski definition) is 2. The third-order valence-electron chi connectivity index (χ3n) is 5.15. The number of rotatable bonds is 4. The number of ether oxygens (including phenoxy) is 1. The van der Waals surface area contributed by atoms with Crippen LogP contribution in [0.2, 0.25) is 0 Å². The monoisotopic (exact) mass is 424 g/mol. The first kappa shape index (κ1) is 19.9. The van der Waals surface area contributed by atoms with Gasteiger partial charge in [0.2, 0.25) is 0 Å². The van der Waals surface area contributed by atoms with Crippen molar-refractivity contribution < 1.29 is 4.74 Å². The largest absolute Gasteiger partial charge is 0.457 e. The molecular formula is C21H21ClN6O2. The molecule has 0 aliphatic carbocycles. The van der Waals surface area contributed by atoms with Gasteiger partial charge in [0.15, 0.2) is 11.5 Å². The Hall–Kier alpha value is -3.36. The zero-order valence-electron chi connectivity index (χ0n) is 16.1. The number of nitrogen functional groups attached to an aromatic ring is 1. The van der Waals surface area contributed by atoms with Crippen molar-refractivity contribution in [2.24, 2.45) is 0 Å². The van der Waals surface area contributed by atoms with Gasteiger partial charge in [0.1, 0.15) is 23.3 Å². The molecule has 1 fully saturated rings. The van der Waals surface area contributed by atoms with Crippen LogP contribution in [0.5, 0.6) is 11.5 Å². The molecule has 1 aliphatic rings. The molecule has 0 bridgehead atoms. The maximum atomic E-state index is 13.3. The van der Waals surface area contributed by atoms with Crippen molar-refractivity contribution in [1.29, 1.82) is 0 Å². The highest BCUT2D eigenvalue weighted by Gasteiger charge is 2.26. The first-order valence-corrected chi connectivity index (χ1v) is 9.50. The summed E-state index contributed by atoms with van der Waals surface area (Å²) in [5.74, 6) is 1.71. The van der Waals surface area contributed by atoms with Gasteiger partial charge in [0.05, 0.1) is 11.7 Å². The molecule has 9 heteroatoms. The maximum Gasteiger partial charge on any atom is 0.335 e. The number of aromatic nitrogens is 4. The molecule has 1 aliphatic heterocycles. The van der Waals surface area contributed by atoms with Gasteiger partial charge in [-0.25, -0.2) is 14.8 Å². The van der Waals surface area contributed by atoms with Crippen molar-refractivity contribution in [2.45, 2.75) is 12.5 Å². The number of fused-ring (bicyclic) bond motifs is 1. The van der Waals surface area contributed by atoms with Crippen LogP contribution in [0.15, 0.2) is 65.7 Å². The van der Waals surface area contributed by atoms with Crippen molar-refractivity contribution in [3.8, 4) is 17.2 Å². The molecule has 0 saturated carbocycles. The first-order valence-electron chi connectivity index (χ1n) is 9.50. The lowest BCUT2D eigenvalue weighted by Gasteiger charge is -2.09. The average Bonchev–Trinajstić information content (AvgIpc) is 3.36. The smallest absolute Gasteiger partial charge is 0.335 e. The minimum absolute atomic E-state index is 0. The number of halogens is 1. The van der Waals surface area contributed by atoms with Crippen LogP contribution in [-0.4, -0.2) is 32.2 Å². The summed E-state index contributed by atoms with van der Waals surface area (Å²) in [7, 11) is 0. The summed E-state index contributed by atoms with van der Waals surface area (Å²) in [6, 6.07) is 16.9. The van der Waals surface area contributed by atoms with Crippen molar-refractivity contribution in [1.82, 2.24) is 24.4 Å². The van der Waals surface area contributed by atoms with E-state index in [0.29, 0.717) is 22.6 Å². The second-order valence-corrected chi connectivity index (χ2v) is 6.97. The summed E-state index contributed by atoms with van der Waals surface area (Å²) in [4.78, 5) is 21.8. The van der Waals surface area contributed by atoms with Crippen LogP contribution >= 0.6 is 12.4 Å². The number of hydrogen-bond acceptors (Lipinski definition) is 6. The zero-order chi connectivity index (χ0) is 19.8. The molecule has 2 aromatic carbocycles. The van der Waals surface area contributed by atoms with E-state index in [9.17, 15) is 4.79 Å². The third-order valence-corrected chi connectivity index (χ3v) is 5.15. The summed E-state index contributed by atoms with van der Waals surface area (Å²) in [6.07, 6.45) is 2.27. The van der Waals surface area contributed by atoms with Gasteiger partial charge < -0.3 is 15.8 Å². The number of nitrogens with one attached hydrogen (secondary N) is 1. The molecule has 1 saturated heterocycles. The summed E-state index contributed by atoms with van der Waals surface area (Å²) in [5.41, 5.74) is 7.75. The quantitative estimate of drug-likeness (QED) is 0.522. The lowest BCUT2D eigenvalue weighted by atomic mass is 10.2. The molecule has 3 N–H and O–H groups in total. The van der Waals surface area contributed by atoms with E-state index >= 15 is 0 Å². The molecule has 154 valence electrons. The van der Waals surface area contributed by atoms with E-state index in [1.54, 1.807) is 9.13 Å². The van der Waals surface area contributed by atoms with Gasteiger partial charge in [0, 0.05) is 6.54 Å². The van der Waals surface area contributed by atoms with Crippen LogP contribution in [0.25, 0.3) is 16.9 Å². The van der Waals surface area contributed by atoms with Gasteiger partial charge >= 0.3 is 5.69 Å². The van der Waals surface area contributed by atoms with Crippen LogP contribution in [0, 0.1) is 0 Å². The molecule has 30 heavy (non-hydrogen) atoms. The fourth-order valence-corrected chi connectivity index (χ4v) is 3.78. The van der Waals surface area contributed by atoms with E-state index < -0.39 is 0 Å². The van der Waals surface area contributed by atoms with Crippen molar-refractivity contribution in [3.63, 3.8) is 0 Å². The van der Waals surface area contributed by atoms with E-state index in [1.165, 1.54) is 6.33 Å². The lowest BCUT2D eigenvalue weighted by Crippen LogP contribution is -2.28. The van der Waals surface area contributed by atoms with Gasteiger partial charge in [-0.3, -0.25) is 9.13 Å².